The highest BCUT2D eigenvalue weighted by Crippen LogP contribution is 2.25. The van der Waals surface area contributed by atoms with E-state index in [9.17, 15) is 18.5 Å². The topological polar surface area (TPSA) is 89.3 Å². The van der Waals surface area contributed by atoms with Crippen molar-refractivity contribution in [2.24, 2.45) is 0 Å². The van der Waals surface area contributed by atoms with Crippen molar-refractivity contribution in [1.82, 2.24) is 5.32 Å². The van der Waals surface area contributed by atoms with Gasteiger partial charge in [0, 0.05) is 23.7 Å². The first-order valence-electron chi connectivity index (χ1n) is 6.41. The second kappa shape index (κ2) is 5.14. The number of hydrogen-bond acceptors (Lipinski definition) is 5. The molecular formula is C13H18N2O4S. The Labute approximate surface area is 118 Å². The fraction of sp³-hybridized carbons (Fsp3) is 0.538. The van der Waals surface area contributed by atoms with E-state index in [1.807, 2.05) is 13.0 Å². The second-order valence-corrected chi connectivity index (χ2v) is 7.76. The van der Waals surface area contributed by atoms with Crippen molar-refractivity contribution in [1.29, 1.82) is 0 Å². The molecule has 1 aromatic carbocycles. The van der Waals surface area contributed by atoms with Crippen LogP contribution in [-0.2, 0) is 16.4 Å². The Morgan fingerprint density at radius 1 is 1.45 bits per heavy atom. The molecule has 0 amide bonds. The number of nitro benzene ring substituents is 1. The van der Waals surface area contributed by atoms with Gasteiger partial charge in [0.1, 0.15) is 0 Å². The van der Waals surface area contributed by atoms with Crippen molar-refractivity contribution in [3.63, 3.8) is 0 Å². The Kier molecular flexibility index (Phi) is 3.84. The fourth-order valence-electron chi connectivity index (χ4n) is 2.52. The third kappa shape index (κ3) is 3.16. The zero-order valence-corrected chi connectivity index (χ0v) is 12.4. The summed E-state index contributed by atoms with van der Waals surface area (Å²) >= 11 is 0. The van der Waals surface area contributed by atoms with E-state index in [2.05, 4.69) is 5.32 Å². The Hall–Kier alpha value is -1.47. The molecule has 0 spiro atoms. The zero-order valence-electron chi connectivity index (χ0n) is 11.5. The number of sulfone groups is 1. The molecule has 0 bridgehead atoms. The van der Waals surface area contributed by atoms with Crippen molar-refractivity contribution in [2.45, 2.75) is 32.4 Å². The zero-order chi connectivity index (χ0) is 15.0. The highest BCUT2D eigenvalue weighted by molar-refractivity contribution is 7.91. The molecule has 1 unspecified atom stereocenters. The van der Waals surface area contributed by atoms with E-state index in [0.29, 0.717) is 18.5 Å². The molecule has 110 valence electrons. The van der Waals surface area contributed by atoms with Gasteiger partial charge in [-0.3, -0.25) is 10.1 Å². The van der Waals surface area contributed by atoms with Crippen molar-refractivity contribution >= 4 is 15.5 Å². The third-order valence-electron chi connectivity index (χ3n) is 3.82. The molecule has 1 atom stereocenters. The largest absolute Gasteiger partial charge is 0.306 e. The van der Waals surface area contributed by atoms with E-state index in [0.717, 1.165) is 5.56 Å². The molecule has 1 fully saturated rings. The smallest absolute Gasteiger partial charge is 0.272 e. The standard InChI is InChI=1S/C13H18N2O4S/c1-10-11(4-3-5-12(10)15(16)17)8-14-13(2)6-7-20(18,19)9-13/h3-5,14H,6-9H2,1-2H3. The number of nitrogens with one attached hydrogen (secondary N) is 1. The third-order valence-corrected chi connectivity index (χ3v) is 5.73. The van der Waals surface area contributed by atoms with Crippen molar-refractivity contribution in [2.75, 3.05) is 11.5 Å². The molecule has 6 nitrogen and oxygen atoms in total. The van der Waals surface area contributed by atoms with Gasteiger partial charge in [-0.25, -0.2) is 8.42 Å². The van der Waals surface area contributed by atoms with Gasteiger partial charge < -0.3 is 5.32 Å². The summed E-state index contributed by atoms with van der Waals surface area (Å²) in [6, 6.07) is 4.94. The lowest BCUT2D eigenvalue weighted by Gasteiger charge is -2.24. The van der Waals surface area contributed by atoms with E-state index in [1.165, 1.54) is 6.07 Å². The maximum absolute atomic E-state index is 11.5. The molecule has 7 heteroatoms. The first-order chi connectivity index (χ1) is 9.22. The molecule has 1 saturated heterocycles. The summed E-state index contributed by atoms with van der Waals surface area (Å²) in [6.07, 6.45) is 0.573. The number of hydrogen-bond donors (Lipinski definition) is 1. The van der Waals surface area contributed by atoms with Crippen LogP contribution in [0.15, 0.2) is 18.2 Å². The summed E-state index contributed by atoms with van der Waals surface area (Å²) in [7, 11) is -2.96. The summed E-state index contributed by atoms with van der Waals surface area (Å²) in [5.41, 5.74) is 1.09. The maximum atomic E-state index is 11.5. The summed E-state index contributed by atoms with van der Waals surface area (Å²) in [5.74, 6) is 0.318. The number of benzene rings is 1. The Morgan fingerprint density at radius 3 is 2.70 bits per heavy atom. The lowest BCUT2D eigenvalue weighted by Crippen LogP contribution is -2.42. The van der Waals surface area contributed by atoms with E-state index in [4.69, 9.17) is 0 Å². The van der Waals surface area contributed by atoms with E-state index < -0.39 is 20.3 Å². The van der Waals surface area contributed by atoms with Crippen LogP contribution in [0, 0.1) is 17.0 Å². The average molecular weight is 298 g/mol. The van der Waals surface area contributed by atoms with Crippen LogP contribution < -0.4 is 5.32 Å². The van der Waals surface area contributed by atoms with Crippen molar-refractivity contribution in [3.8, 4) is 0 Å². The van der Waals surface area contributed by atoms with Crippen LogP contribution >= 0.6 is 0 Å². The SMILES string of the molecule is Cc1c(CNC2(C)CCS(=O)(=O)C2)cccc1[N+](=O)[O-]. The van der Waals surface area contributed by atoms with Crippen LogP contribution in [0.4, 0.5) is 5.69 Å². The summed E-state index contributed by atoms with van der Waals surface area (Å²) < 4.78 is 23.1. The quantitative estimate of drug-likeness (QED) is 0.673. The van der Waals surface area contributed by atoms with Gasteiger partial charge in [-0.2, -0.15) is 0 Å². The average Bonchev–Trinajstić information content (AvgIpc) is 2.62. The summed E-state index contributed by atoms with van der Waals surface area (Å²) in [4.78, 5) is 10.5. The second-order valence-electron chi connectivity index (χ2n) is 5.57. The molecule has 2 rings (SSSR count). The highest BCUT2D eigenvalue weighted by Gasteiger charge is 2.37. The van der Waals surface area contributed by atoms with Crippen LogP contribution in [-0.4, -0.2) is 30.4 Å². The highest BCUT2D eigenvalue weighted by atomic mass is 32.2. The Morgan fingerprint density at radius 2 is 2.15 bits per heavy atom. The molecule has 0 aliphatic carbocycles. The minimum Gasteiger partial charge on any atom is -0.306 e. The van der Waals surface area contributed by atoms with Gasteiger partial charge in [-0.05, 0) is 25.8 Å². The van der Waals surface area contributed by atoms with Gasteiger partial charge in [0.25, 0.3) is 5.69 Å². The Balaban J connectivity index is 2.12. The molecular weight excluding hydrogens is 280 g/mol. The summed E-state index contributed by atoms with van der Waals surface area (Å²) in [5, 5.41) is 14.1. The van der Waals surface area contributed by atoms with E-state index in [1.54, 1.807) is 13.0 Å². The predicted octanol–water partition coefficient (Wildman–Crippen LogP) is 1.57. The van der Waals surface area contributed by atoms with Crippen LogP contribution in [0.25, 0.3) is 0 Å². The van der Waals surface area contributed by atoms with Gasteiger partial charge in [-0.1, -0.05) is 12.1 Å². The fourth-order valence-corrected chi connectivity index (χ4v) is 4.64. The first kappa shape index (κ1) is 14.9. The van der Waals surface area contributed by atoms with Crippen molar-refractivity contribution < 1.29 is 13.3 Å². The monoisotopic (exact) mass is 298 g/mol. The van der Waals surface area contributed by atoms with Gasteiger partial charge in [0.2, 0.25) is 0 Å². The molecule has 0 saturated carbocycles. The van der Waals surface area contributed by atoms with Crippen molar-refractivity contribution in [3.05, 3.63) is 39.4 Å². The lowest BCUT2D eigenvalue weighted by molar-refractivity contribution is -0.385. The molecule has 1 aromatic rings. The minimum absolute atomic E-state index is 0.0912. The molecule has 1 N–H and O–H groups in total. The molecule has 20 heavy (non-hydrogen) atoms. The first-order valence-corrected chi connectivity index (χ1v) is 8.23. The van der Waals surface area contributed by atoms with Gasteiger partial charge in [0.05, 0.1) is 16.4 Å². The summed E-state index contributed by atoms with van der Waals surface area (Å²) in [6.45, 7) is 4.02. The number of rotatable bonds is 4. The Bertz CT molecular complexity index is 642. The maximum Gasteiger partial charge on any atom is 0.272 e. The van der Waals surface area contributed by atoms with Gasteiger partial charge >= 0.3 is 0 Å². The van der Waals surface area contributed by atoms with Gasteiger partial charge in [0.15, 0.2) is 9.84 Å². The van der Waals surface area contributed by atoms with Crippen LogP contribution in [0.3, 0.4) is 0 Å². The van der Waals surface area contributed by atoms with Crippen LogP contribution in [0.1, 0.15) is 24.5 Å². The molecule has 1 aliphatic heterocycles. The minimum atomic E-state index is -2.96. The predicted molar refractivity (Wildman–Crippen MR) is 76.3 cm³/mol. The van der Waals surface area contributed by atoms with Crippen LogP contribution in [0.5, 0.6) is 0 Å². The van der Waals surface area contributed by atoms with Crippen LogP contribution in [0.2, 0.25) is 0 Å². The van der Waals surface area contributed by atoms with E-state index in [-0.39, 0.29) is 17.2 Å². The number of nitro groups is 1. The van der Waals surface area contributed by atoms with E-state index >= 15 is 0 Å². The molecule has 0 aromatic heterocycles. The molecule has 1 aliphatic rings. The normalized spacial score (nSPS) is 24.7. The number of nitrogens with zero attached hydrogens (tertiary/aromatic N) is 1. The lowest BCUT2D eigenvalue weighted by atomic mass is 10.0. The molecule has 1 heterocycles. The molecule has 0 radical (unpaired) electrons. The van der Waals surface area contributed by atoms with Gasteiger partial charge in [-0.15, -0.1) is 0 Å².